The molecule has 1 aliphatic rings. The summed E-state index contributed by atoms with van der Waals surface area (Å²) in [6, 6.07) is 9.22. The Bertz CT molecular complexity index is 429. The van der Waals surface area contributed by atoms with E-state index >= 15 is 0 Å². The molecule has 1 aromatic carbocycles. The van der Waals surface area contributed by atoms with Gasteiger partial charge in [0.25, 0.3) is 0 Å². The number of aliphatic hydroxyl groups is 1. The summed E-state index contributed by atoms with van der Waals surface area (Å²) in [6.07, 6.45) is -0.754. The quantitative estimate of drug-likeness (QED) is 0.640. The fourth-order valence-corrected chi connectivity index (χ4v) is 3.64. The van der Waals surface area contributed by atoms with Gasteiger partial charge in [0.1, 0.15) is 23.6 Å². The third kappa shape index (κ3) is 2.56. The summed E-state index contributed by atoms with van der Waals surface area (Å²) in [5.74, 6) is -0.0515. The van der Waals surface area contributed by atoms with Gasteiger partial charge >= 0.3 is 0 Å². The smallest absolute Gasteiger partial charge is 0.159 e. The Hall–Kier alpha value is -0.910. The lowest BCUT2D eigenvalue weighted by Crippen LogP contribution is -2.87. The van der Waals surface area contributed by atoms with Gasteiger partial charge in [0.05, 0.1) is 5.75 Å². The monoisotopic (exact) mass is 228 g/mol. The first-order chi connectivity index (χ1) is 7.07. The van der Waals surface area contributed by atoms with Crippen LogP contribution in [0.4, 0.5) is 5.69 Å². The van der Waals surface area contributed by atoms with Crippen LogP contribution in [0.5, 0.6) is 0 Å². The molecule has 0 aliphatic carbocycles. The third-order valence-corrected chi connectivity index (χ3v) is 4.31. The van der Waals surface area contributed by atoms with Gasteiger partial charge in [-0.1, -0.05) is 18.2 Å². The van der Waals surface area contributed by atoms with E-state index in [4.69, 9.17) is 0 Å². The number of hydrogen-bond acceptors (Lipinski definition) is 3. The van der Waals surface area contributed by atoms with Crippen LogP contribution in [-0.4, -0.2) is 37.2 Å². The number of rotatable bonds is 2. The molecule has 1 heterocycles. The van der Waals surface area contributed by atoms with Crippen molar-refractivity contribution in [1.29, 1.82) is 0 Å². The van der Waals surface area contributed by atoms with E-state index in [9.17, 15) is 13.5 Å². The number of quaternary nitrogens is 1. The van der Waals surface area contributed by atoms with E-state index in [1.807, 2.05) is 35.6 Å². The van der Waals surface area contributed by atoms with Crippen molar-refractivity contribution in [2.45, 2.75) is 12.1 Å². The van der Waals surface area contributed by atoms with Crippen molar-refractivity contribution in [1.82, 2.24) is 0 Å². The first kappa shape index (κ1) is 10.6. The Kier molecular flexibility index (Phi) is 2.77. The standard InChI is InChI=1S/C10H13NO3S/c12-10-7-15(13,14)6-9(10)11-8-4-2-1-3-5-8/h1-5,9-12H,6-7H2/p+1/t9-,10-/m1/s1. The summed E-state index contributed by atoms with van der Waals surface area (Å²) in [7, 11) is -3.05. The molecule has 0 unspecified atom stereocenters. The summed E-state index contributed by atoms with van der Waals surface area (Å²) in [5.41, 5.74) is 0.957. The Morgan fingerprint density at radius 2 is 1.87 bits per heavy atom. The van der Waals surface area contributed by atoms with Gasteiger partial charge in [0.2, 0.25) is 0 Å². The second-order valence-electron chi connectivity index (χ2n) is 3.89. The van der Waals surface area contributed by atoms with Crippen molar-refractivity contribution in [3.63, 3.8) is 0 Å². The van der Waals surface area contributed by atoms with Gasteiger partial charge in [-0.15, -0.1) is 0 Å². The van der Waals surface area contributed by atoms with Gasteiger partial charge in [-0.05, 0) is 12.1 Å². The second-order valence-corrected chi connectivity index (χ2v) is 6.04. The lowest BCUT2D eigenvalue weighted by atomic mass is 10.2. The maximum Gasteiger partial charge on any atom is 0.159 e. The zero-order valence-electron chi connectivity index (χ0n) is 8.20. The minimum atomic E-state index is -3.05. The normalized spacial score (nSPS) is 29.1. The molecular weight excluding hydrogens is 214 g/mol. The van der Waals surface area contributed by atoms with Crippen LogP contribution in [0.2, 0.25) is 0 Å². The van der Waals surface area contributed by atoms with Crippen molar-refractivity contribution in [2.24, 2.45) is 0 Å². The van der Waals surface area contributed by atoms with Crippen LogP contribution < -0.4 is 5.32 Å². The molecule has 0 bridgehead atoms. The number of benzene rings is 1. The minimum Gasteiger partial charge on any atom is -0.386 e. The number of para-hydroxylation sites is 1. The molecule has 82 valence electrons. The summed E-state index contributed by atoms with van der Waals surface area (Å²) in [5, 5.41) is 11.4. The number of nitrogens with two attached hydrogens (primary N) is 1. The zero-order chi connectivity index (χ0) is 10.9. The minimum absolute atomic E-state index is 0.0586. The van der Waals surface area contributed by atoms with Gasteiger partial charge < -0.3 is 10.4 Å². The molecule has 0 saturated carbocycles. The fraction of sp³-hybridized carbons (Fsp3) is 0.400. The van der Waals surface area contributed by atoms with Gasteiger partial charge in [0.15, 0.2) is 9.84 Å². The van der Waals surface area contributed by atoms with Gasteiger partial charge in [-0.2, -0.15) is 0 Å². The van der Waals surface area contributed by atoms with Gasteiger partial charge in [0, 0.05) is 0 Å². The van der Waals surface area contributed by atoms with Crippen LogP contribution in [0.15, 0.2) is 30.3 Å². The average molecular weight is 228 g/mol. The van der Waals surface area contributed by atoms with E-state index in [0.29, 0.717) is 0 Å². The Balaban J connectivity index is 2.08. The second kappa shape index (κ2) is 3.92. The molecule has 1 aliphatic heterocycles. The molecule has 1 aromatic rings. The number of aliphatic hydroxyl groups excluding tert-OH is 1. The van der Waals surface area contributed by atoms with Crippen LogP contribution in [-0.2, 0) is 9.84 Å². The van der Waals surface area contributed by atoms with Crippen LogP contribution in [0.25, 0.3) is 0 Å². The van der Waals surface area contributed by atoms with E-state index in [1.165, 1.54) is 0 Å². The van der Waals surface area contributed by atoms with Crippen LogP contribution >= 0.6 is 0 Å². The van der Waals surface area contributed by atoms with E-state index in [2.05, 4.69) is 0 Å². The Morgan fingerprint density at radius 1 is 1.20 bits per heavy atom. The molecule has 0 spiro atoms. The molecule has 0 radical (unpaired) electrons. The van der Waals surface area contributed by atoms with Crippen molar-refractivity contribution in [3.8, 4) is 0 Å². The Labute approximate surface area is 88.9 Å². The maximum absolute atomic E-state index is 11.3. The zero-order valence-corrected chi connectivity index (χ0v) is 9.02. The van der Waals surface area contributed by atoms with E-state index < -0.39 is 15.9 Å². The lowest BCUT2D eigenvalue weighted by Gasteiger charge is -2.10. The molecule has 2 rings (SSSR count). The van der Waals surface area contributed by atoms with Gasteiger partial charge in [-0.25, -0.2) is 8.42 Å². The lowest BCUT2D eigenvalue weighted by molar-refractivity contribution is -0.613. The van der Waals surface area contributed by atoms with E-state index in [0.717, 1.165) is 5.69 Å². The molecule has 1 saturated heterocycles. The van der Waals surface area contributed by atoms with Gasteiger partial charge in [-0.3, -0.25) is 0 Å². The summed E-state index contributed by atoms with van der Waals surface area (Å²) in [6.45, 7) is 0. The topological polar surface area (TPSA) is 71.0 Å². The Morgan fingerprint density at radius 3 is 2.40 bits per heavy atom. The molecule has 1 fully saturated rings. The first-order valence-corrected chi connectivity index (χ1v) is 6.67. The van der Waals surface area contributed by atoms with E-state index in [1.54, 1.807) is 0 Å². The SMILES string of the molecule is O=S1(=O)C[C@@H](O)[C@H]([NH2+]c2ccccc2)C1. The highest BCUT2D eigenvalue weighted by molar-refractivity contribution is 7.91. The summed E-state index contributed by atoms with van der Waals surface area (Å²) >= 11 is 0. The van der Waals surface area contributed by atoms with Crippen molar-refractivity contribution < 1.29 is 18.8 Å². The predicted molar refractivity (Wildman–Crippen MR) is 56.5 cm³/mol. The molecule has 15 heavy (non-hydrogen) atoms. The van der Waals surface area contributed by atoms with Crippen LogP contribution in [0.1, 0.15) is 0 Å². The third-order valence-electron chi connectivity index (χ3n) is 2.57. The van der Waals surface area contributed by atoms with Crippen molar-refractivity contribution in [3.05, 3.63) is 30.3 Å². The molecule has 0 amide bonds. The molecular formula is C10H14NO3S+. The molecule has 5 heteroatoms. The van der Waals surface area contributed by atoms with Crippen LogP contribution in [0.3, 0.4) is 0 Å². The van der Waals surface area contributed by atoms with Crippen molar-refractivity contribution >= 4 is 15.5 Å². The number of hydrogen-bond donors (Lipinski definition) is 2. The molecule has 0 aromatic heterocycles. The average Bonchev–Trinajstić information content (AvgIpc) is 2.41. The molecule has 3 N–H and O–H groups in total. The van der Waals surface area contributed by atoms with E-state index in [-0.39, 0.29) is 17.5 Å². The highest BCUT2D eigenvalue weighted by Gasteiger charge is 2.39. The highest BCUT2D eigenvalue weighted by Crippen LogP contribution is 2.10. The highest BCUT2D eigenvalue weighted by atomic mass is 32.2. The molecule has 4 nitrogen and oxygen atoms in total. The van der Waals surface area contributed by atoms with Crippen LogP contribution in [0, 0.1) is 0 Å². The predicted octanol–water partition coefficient (Wildman–Crippen LogP) is -0.961. The fourth-order valence-electron chi connectivity index (χ4n) is 1.83. The summed E-state index contributed by atoms with van der Waals surface area (Å²) < 4.78 is 22.5. The first-order valence-electron chi connectivity index (χ1n) is 4.85. The summed E-state index contributed by atoms with van der Waals surface area (Å²) in [4.78, 5) is 0. The number of sulfone groups is 1. The largest absolute Gasteiger partial charge is 0.386 e. The molecule has 2 atom stereocenters. The maximum atomic E-state index is 11.3. The van der Waals surface area contributed by atoms with Crippen molar-refractivity contribution in [2.75, 3.05) is 11.5 Å².